The van der Waals surface area contributed by atoms with E-state index in [0.29, 0.717) is 12.1 Å². The van der Waals surface area contributed by atoms with Crippen molar-refractivity contribution in [3.05, 3.63) is 48.4 Å². The predicted octanol–water partition coefficient (Wildman–Crippen LogP) is 2.51. The Balaban J connectivity index is 1.44. The van der Waals surface area contributed by atoms with E-state index in [0.717, 1.165) is 30.3 Å². The first-order valence-electron chi connectivity index (χ1n) is 7.26. The van der Waals surface area contributed by atoms with Crippen molar-refractivity contribution in [2.24, 2.45) is 0 Å². The van der Waals surface area contributed by atoms with E-state index in [4.69, 9.17) is 0 Å². The van der Waals surface area contributed by atoms with Gasteiger partial charge in [-0.3, -0.25) is 0 Å². The van der Waals surface area contributed by atoms with Crippen LogP contribution in [-0.4, -0.2) is 30.2 Å². The maximum absolute atomic E-state index is 12.9. The molecule has 4 nitrogen and oxygen atoms in total. The lowest BCUT2D eigenvalue weighted by Crippen LogP contribution is -2.67. The number of aromatic nitrogens is 1. The molecule has 21 heavy (non-hydrogen) atoms. The van der Waals surface area contributed by atoms with Gasteiger partial charge >= 0.3 is 0 Å². The van der Waals surface area contributed by atoms with E-state index >= 15 is 0 Å². The van der Waals surface area contributed by atoms with E-state index in [-0.39, 0.29) is 5.82 Å². The van der Waals surface area contributed by atoms with Gasteiger partial charge in [-0.05, 0) is 42.8 Å². The van der Waals surface area contributed by atoms with Crippen molar-refractivity contribution in [1.29, 1.82) is 0 Å². The number of rotatable bonds is 3. The summed E-state index contributed by atoms with van der Waals surface area (Å²) >= 11 is 0. The molecule has 0 radical (unpaired) electrons. The number of anilines is 3. The van der Waals surface area contributed by atoms with Gasteiger partial charge in [0.15, 0.2) is 0 Å². The van der Waals surface area contributed by atoms with E-state index in [1.165, 1.54) is 18.6 Å². The number of pyridine rings is 1. The molecule has 3 aliphatic heterocycles. The second-order valence-corrected chi connectivity index (χ2v) is 5.73. The van der Waals surface area contributed by atoms with Crippen LogP contribution in [0.5, 0.6) is 0 Å². The molecule has 2 N–H and O–H groups in total. The zero-order valence-corrected chi connectivity index (χ0v) is 11.6. The number of piperidine rings is 1. The second-order valence-electron chi connectivity index (χ2n) is 5.73. The molecule has 5 rings (SSSR count). The maximum atomic E-state index is 12.9. The van der Waals surface area contributed by atoms with Gasteiger partial charge in [0.1, 0.15) is 11.6 Å². The molecule has 4 heterocycles. The molecular weight excluding hydrogens is 267 g/mol. The summed E-state index contributed by atoms with van der Waals surface area (Å²) in [6, 6.07) is 11.6. The fourth-order valence-corrected chi connectivity index (χ4v) is 3.05. The van der Waals surface area contributed by atoms with Gasteiger partial charge in [-0.2, -0.15) is 0 Å². The number of hydrogen-bond donors (Lipinski definition) is 2. The first kappa shape index (κ1) is 12.6. The highest BCUT2D eigenvalue weighted by Crippen LogP contribution is 2.26. The molecule has 0 amide bonds. The molecule has 0 aliphatic carbocycles. The van der Waals surface area contributed by atoms with Gasteiger partial charge < -0.3 is 15.5 Å². The monoisotopic (exact) mass is 284 g/mol. The van der Waals surface area contributed by atoms with Crippen molar-refractivity contribution in [2.45, 2.75) is 18.5 Å². The van der Waals surface area contributed by atoms with Crippen molar-refractivity contribution in [3.8, 4) is 0 Å². The minimum atomic E-state index is -0.235. The zero-order chi connectivity index (χ0) is 14.2. The van der Waals surface area contributed by atoms with Crippen LogP contribution in [0.1, 0.15) is 6.42 Å². The molecule has 0 saturated carbocycles. The van der Waals surface area contributed by atoms with E-state index in [2.05, 4.69) is 26.6 Å². The third-order valence-electron chi connectivity index (χ3n) is 4.15. The molecule has 0 spiro atoms. The van der Waals surface area contributed by atoms with Crippen LogP contribution in [0.3, 0.4) is 0 Å². The maximum Gasteiger partial charge on any atom is 0.130 e. The Morgan fingerprint density at radius 3 is 2.43 bits per heavy atom. The third-order valence-corrected chi connectivity index (χ3v) is 4.15. The summed E-state index contributed by atoms with van der Waals surface area (Å²) in [5.41, 5.74) is 2.00. The van der Waals surface area contributed by atoms with Gasteiger partial charge in [0.2, 0.25) is 0 Å². The summed E-state index contributed by atoms with van der Waals surface area (Å²) in [6.07, 6.45) is 3.20. The Morgan fingerprint density at radius 1 is 1.10 bits per heavy atom. The van der Waals surface area contributed by atoms with Gasteiger partial charge in [0.05, 0.1) is 11.9 Å². The molecule has 3 saturated heterocycles. The van der Waals surface area contributed by atoms with Gasteiger partial charge in [0.25, 0.3) is 0 Å². The van der Waals surface area contributed by atoms with Crippen LogP contribution in [0.25, 0.3) is 0 Å². The zero-order valence-electron chi connectivity index (χ0n) is 11.6. The van der Waals surface area contributed by atoms with Crippen LogP contribution >= 0.6 is 0 Å². The highest BCUT2D eigenvalue weighted by atomic mass is 19.1. The highest BCUT2D eigenvalue weighted by Gasteiger charge is 2.36. The Hall–Kier alpha value is -2.14. The van der Waals surface area contributed by atoms with Crippen LogP contribution in [0, 0.1) is 5.82 Å². The number of benzene rings is 1. The molecule has 2 unspecified atom stereocenters. The van der Waals surface area contributed by atoms with Crippen molar-refractivity contribution in [3.63, 3.8) is 0 Å². The molecule has 1 aromatic carbocycles. The normalized spacial score (nSPS) is 23.6. The molecule has 2 atom stereocenters. The molecule has 3 fully saturated rings. The largest absolute Gasteiger partial charge is 0.367 e. The molecule has 108 valence electrons. The molecule has 2 bridgehead atoms. The SMILES string of the molecule is Fc1ccc(Nc2ccc(N3CC4CC(C3)N4)cn2)cc1. The van der Waals surface area contributed by atoms with Crippen LogP contribution in [0.4, 0.5) is 21.6 Å². The van der Waals surface area contributed by atoms with Crippen LogP contribution in [0.2, 0.25) is 0 Å². The van der Waals surface area contributed by atoms with Crippen LogP contribution < -0.4 is 15.5 Å². The summed E-state index contributed by atoms with van der Waals surface area (Å²) < 4.78 is 12.9. The fourth-order valence-electron chi connectivity index (χ4n) is 3.05. The third kappa shape index (κ3) is 2.56. The first-order chi connectivity index (χ1) is 10.3. The summed E-state index contributed by atoms with van der Waals surface area (Å²) in [7, 11) is 0. The lowest BCUT2D eigenvalue weighted by Gasteiger charge is -2.49. The lowest BCUT2D eigenvalue weighted by molar-refractivity contribution is 0.226. The standard InChI is InChI=1S/C16H17FN4/c17-11-1-3-12(4-2-11)20-16-6-5-15(8-18-16)21-9-13-7-14(10-21)19-13/h1-6,8,13-14,19H,7,9-10H2,(H,18,20). The Morgan fingerprint density at radius 2 is 1.81 bits per heavy atom. The quantitative estimate of drug-likeness (QED) is 0.908. The van der Waals surface area contributed by atoms with Gasteiger partial charge in [-0.15, -0.1) is 0 Å². The van der Waals surface area contributed by atoms with E-state index in [1.807, 2.05) is 12.3 Å². The van der Waals surface area contributed by atoms with Gasteiger partial charge in [0, 0.05) is 30.9 Å². The van der Waals surface area contributed by atoms with Crippen LogP contribution in [-0.2, 0) is 0 Å². The van der Waals surface area contributed by atoms with Gasteiger partial charge in [-0.1, -0.05) is 0 Å². The second kappa shape index (κ2) is 5.00. The predicted molar refractivity (Wildman–Crippen MR) is 81.5 cm³/mol. The molecule has 2 aromatic rings. The van der Waals surface area contributed by atoms with E-state index in [1.54, 1.807) is 12.1 Å². The Kier molecular flexibility index (Phi) is 3.00. The smallest absolute Gasteiger partial charge is 0.130 e. The molecule has 1 aromatic heterocycles. The molecule has 3 aliphatic rings. The lowest BCUT2D eigenvalue weighted by atomic mass is 9.91. The number of nitrogens with zero attached hydrogens (tertiary/aromatic N) is 2. The van der Waals surface area contributed by atoms with Crippen molar-refractivity contribution in [2.75, 3.05) is 23.3 Å². The van der Waals surface area contributed by atoms with Crippen LogP contribution in [0.15, 0.2) is 42.6 Å². The highest BCUT2D eigenvalue weighted by molar-refractivity contribution is 5.58. The number of nitrogens with one attached hydrogen (secondary N) is 2. The summed E-state index contributed by atoms with van der Waals surface area (Å²) in [5, 5.41) is 6.69. The van der Waals surface area contributed by atoms with Crippen molar-refractivity contribution in [1.82, 2.24) is 10.3 Å². The average Bonchev–Trinajstić information content (AvgIpc) is 2.50. The summed E-state index contributed by atoms with van der Waals surface area (Å²) in [4.78, 5) is 6.82. The van der Waals surface area contributed by atoms with Gasteiger partial charge in [-0.25, -0.2) is 9.37 Å². The number of halogens is 1. The Bertz CT molecular complexity index is 610. The minimum Gasteiger partial charge on any atom is -0.367 e. The number of piperazine rings is 1. The van der Waals surface area contributed by atoms with E-state index in [9.17, 15) is 4.39 Å². The van der Waals surface area contributed by atoms with Crippen molar-refractivity contribution < 1.29 is 4.39 Å². The number of fused-ring (bicyclic) bond motifs is 2. The average molecular weight is 284 g/mol. The Labute approximate surface area is 123 Å². The molecular formula is C16H17FN4. The summed E-state index contributed by atoms with van der Waals surface area (Å²) in [6.45, 7) is 2.12. The topological polar surface area (TPSA) is 40.2 Å². The molecule has 5 heteroatoms. The first-order valence-corrected chi connectivity index (χ1v) is 7.26. The minimum absolute atomic E-state index is 0.235. The summed E-state index contributed by atoms with van der Waals surface area (Å²) in [5.74, 6) is 0.534. The fraction of sp³-hybridized carbons (Fsp3) is 0.312. The number of hydrogen-bond acceptors (Lipinski definition) is 4. The van der Waals surface area contributed by atoms with E-state index < -0.39 is 0 Å². The van der Waals surface area contributed by atoms with Crippen molar-refractivity contribution >= 4 is 17.2 Å².